The second-order valence-corrected chi connectivity index (χ2v) is 9.56. The molecule has 164 valence electrons. The van der Waals surface area contributed by atoms with Crippen LogP contribution in [0.3, 0.4) is 0 Å². The first-order valence-corrected chi connectivity index (χ1v) is 11.1. The van der Waals surface area contributed by atoms with Crippen molar-refractivity contribution in [3.8, 4) is 11.3 Å². The van der Waals surface area contributed by atoms with E-state index in [0.29, 0.717) is 11.3 Å². The third kappa shape index (κ3) is 5.52. The number of amides is 1. The van der Waals surface area contributed by atoms with Crippen LogP contribution in [0, 0.1) is 11.7 Å². The molecule has 1 aromatic carbocycles. The monoisotopic (exact) mass is 464 g/mol. The zero-order chi connectivity index (χ0) is 22.1. The molecule has 1 fully saturated rings. The third-order valence-electron chi connectivity index (χ3n) is 4.89. The Morgan fingerprint density at radius 1 is 1.33 bits per heavy atom. The summed E-state index contributed by atoms with van der Waals surface area (Å²) in [6.45, 7) is 0. The number of carbonyl (C=O) groups excluding carboxylic acids is 1. The lowest BCUT2D eigenvalue weighted by molar-refractivity contribution is -0.0435. The molecule has 7 nitrogen and oxygen atoms in total. The Kier molecular flexibility index (Phi) is 6.44. The fourth-order valence-corrected chi connectivity index (χ4v) is 4.78. The van der Waals surface area contributed by atoms with Gasteiger partial charge >= 0.3 is 0 Å². The van der Waals surface area contributed by atoms with Crippen molar-refractivity contribution in [1.29, 1.82) is 0 Å². The van der Waals surface area contributed by atoms with Gasteiger partial charge in [-0.3, -0.25) is 10.2 Å². The number of alkyl halides is 2. The van der Waals surface area contributed by atoms with Gasteiger partial charge in [0.05, 0.1) is 28.4 Å². The average molecular weight is 465 g/mol. The maximum Gasteiger partial charge on any atom is 0.269 e. The predicted octanol–water partition coefficient (Wildman–Crippen LogP) is 3.27. The molecule has 1 heterocycles. The van der Waals surface area contributed by atoms with Gasteiger partial charge in [-0.05, 0) is 30.9 Å². The second kappa shape index (κ2) is 8.56. The number of carbonyl (C=O) groups is 1. The number of nitrogens with one attached hydrogen (secondary N) is 2. The van der Waals surface area contributed by atoms with Crippen molar-refractivity contribution in [1.82, 2.24) is 19.8 Å². The lowest BCUT2D eigenvalue weighted by Gasteiger charge is -2.27. The normalized spacial score (nSPS) is 17.1. The average Bonchev–Trinajstić information content (AvgIpc) is 3.10. The van der Waals surface area contributed by atoms with Gasteiger partial charge < -0.3 is 4.57 Å². The van der Waals surface area contributed by atoms with Crippen LogP contribution in [0.15, 0.2) is 24.7 Å². The molecule has 1 aromatic heterocycles. The highest BCUT2D eigenvalue weighted by atomic mass is 35.5. The number of hydrazine groups is 1. The van der Waals surface area contributed by atoms with E-state index in [1.165, 1.54) is 18.5 Å². The number of nitrogens with zero attached hydrogens (tertiary/aromatic N) is 2. The molecule has 0 saturated heterocycles. The summed E-state index contributed by atoms with van der Waals surface area (Å²) in [7, 11) is -2.27. The standard InChI is InChI=1S/C18H20ClF3N4O3S/c1-26-8-15(23-10-26)12-6-13(16(20)14(19)7-12)17(27)24-25-30(28,29)9-11-2-4-18(21,22)5-3-11/h6-8,10-11,25H,2-5,9H2,1H3,(H,24,27). The summed E-state index contributed by atoms with van der Waals surface area (Å²) in [4.78, 5) is 18.4. The molecule has 2 N–H and O–H groups in total. The van der Waals surface area contributed by atoms with Gasteiger partial charge in [-0.25, -0.2) is 26.6 Å². The lowest BCUT2D eigenvalue weighted by Crippen LogP contribution is -2.44. The Morgan fingerprint density at radius 3 is 2.60 bits per heavy atom. The molecule has 1 amide bonds. The summed E-state index contributed by atoms with van der Waals surface area (Å²) in [5.41, 5.74) is 2.30. The van der Waals surface area contributed by atoms with E-state index >= 15 is 0 Å². The molecule has 0 aliphatic heterocycles. The molecule has 3 rings (SSSR count). The number of sulfonamides is 1. The van der Waals surface area contributed by atoms with Crippen molar-refractivity contribution in [2.24, 2.45) is 13.0 Å². The second-order valence-electron chi connectivity index (χ2n) is 7.38. The number of hydrogen-bond acceptors (Lipinski definition) is 4. The van der Waals surface area contributed by atoms with Crippen LogP contribution >= 0.6 is 11.6 Å². The number of hydrogen-bond donors (Lipinski definition) is 2. The summed E-state index contributed by atoms with van der Waals surface area (Å²) >= 11 is 5.87. The van der Waals surface area contributed by atoms with Crippen LogP contribution in [-0.2, 0) is 17.1 Å². The molecule has 12 heteroatoms. The van der Waals surface area contributed by atoms with E-state index in [-0.39, 0.29) is 30.7 Å². The number of imidazole rings is 1. The summed E-state index contributed by atoms with van der Waals surface area (Å²) in [5.74, 6) is -5.69. The fourth-order valence-electron chi connectivity index (χ4n) is 3.27. The van der Waals surface area contributed by atoms with Crippen molar-refractivity contribution in [3.63, 3.8) is 0 Å². The molecule has 1 saturated carbocycles. The first kappa shape index (κ1) is 22.6. The van der Waals surface area contributed by atoms with Gasteiger partial charge in [0.2, 0.25) is 15.9 Å². The van der Waals surface area contributed by atoms with E-state index in [9.17, 15) is 26.4 Å². The van der Waals surface area contributed by atoms with Crippen LogP contribution in [0.2, 0.25) is 5.02 Å². The Labute approximate surface area is 176 Å². The maximum atomic E-state index is 14.4. The van der Waals surface area contributed by atoms with Crippen LogP contribution in [0.1, 0.15) is 36.0 Å². The zero-order valence-electron chi connectivity index (χ0n) is 16.0. The number of aromatic nitrogens is 2. The van der Waals surface area contributed by atoms with E-state index in [4.69, 9.17) is 11.6 Å². The third-order valence-corrected chi connectivity index (χ3v) is 6.48. The van der Waals surface area contributed by atoms with Crippen molar-refractivity contribution >= 4 is 27.5 Å². The SMILES string of the molecule is Cn1cnc(-c2cc(Cl)c(F)c(C(=O)NNS(=O)(=O)CC3CCC(F)(F)CC3)c2)c1. The molecule has 0 bridgehead atoms. The first-order valence-electron chi connectivity index (χ1n) is 9.11. The highest BCUT2D eigenvalue weighted by Gasteiger charge is 2.36. The Hall–Kier alpha value is -2.11. The van der Waals surface area contributed by atoms with Gasteiger partial charge in [0, 0.05) is 31.6 Å². The predicted molar refractivity (Wildman–Crippen MR) is 105 cm³/mol. The van der Waals surface area contributed by atoms with Crippen molar-refractivity contribution in [2.75, 3.05) is 5.75 Å². The van der Waals surface area contributed by atoms with Gasteiger partial charge in [0.25, 0.3) is 5.91 Å². The Bertz CT molecular complexity index is 1050. The van der Waals surface area contributed by atoms with Crippen molar-refractivity contribution < 1.29 is 26.4 Å². The van der Waals surface area contributed by atoms with Gasteiger partial charge in [-0.15, -0.1) is 4.83 Å². The minimum atomic E-state index is -4.00. The summed E-state index contributed by atoms with van der Waals surface area (Å²) < 4.78 is 66.8. The van der Waals surface area contributed by atoms with E-state index in [1.807, 2.05) is 10.3 Å². The van der Waals surface area contributed by atoms with Crippen LogP contribution in [0.25, 0.3) is 11.3 Å². The molecule has 1 aliphatic rings. The highest BCUT2D eigenvalue weighted by molar-refractivity contribution is 7.89. The molecule has 0 spiro atoms. The Morgan fingerprint density at radius 2 is 2.00 bits per heavy atom. The number of aryl methyl sites for hydroxylation is 1. The minimum absolute atomic E-state index is 0.0677. The molecule has 0 radical (unpaired) electrons. The smallest absolute Gasteiger partial charge is 0.269 e. The van der Waals surface area contributed by atoms with Crippen molar-refractivity contribution in [2.45, 2.75) is 31.6 Å². The van der Waals surface area contributed by atoms with E-state index in [0.717, 1.165) is 0 Å². The maximum absolute atomic E-state index is 14.4. The molecule has 0 atom stereocenters. The molecule has 2 aromatic rings. The highest BCUT2D eigenvalue weighted by Crippen LogP contribution is 2.36. The molecule has 30 heavy (non-hydrogen) atoms. The largest absolute Gasteiger partial charge is 0.340 e. The quantitative estimate of drug-likeness (QED) is 0.642. The minimum Gasteiger partial charge on any atom is -0.340 e. The van der Waals surface area contributed by atoms with Crippen molar-refractivity contribution in [3.05, 3.63) is 41.1 Å². The number of benzene rings is 1. The zero-order valence-corrected chi connectivity index (χ0v) is 17.5. The van der Waals surface area contributed by atoms with E-state index in [1.54, 1.807) is 17.8 Å². The van der Waals surface area contributed by atoms with Crippen LogP contribution in [0.5, 0.6) is 0 Å². The van der Waals surface area contributed by atoms with Gasteiger partial charge in [0.1, 0.15) is 0 Å². The number of halogens is 4. The topological polar surface area (TPSA) is 93.1 Å². The summed E-state index contributed by atoms with van der Waals surface area (Å²) in [5, 5.41) is -0.325. The van der Waals surface area contributed by atoms with Gasteiger partial charge in [-0.1, -0.05) is 11.6 Å². The number of rotatable bonds is 6. The van der Waals surface area contributed by atoms with E-state index < -0.39 is 44.9 Å². The van der Waals surface area contributed by atoms with E-state index in [2.05, 4.69) is 4.98 Å². The van der Waals surface area contributed by atoms with Gasteiger partial charge in [-0.2, -0.15) is 0 Å². The lowest BCUT2D eigenvalue weighted by atomic mass is 9.88. The fraction of sp³-hybridized carbons (Fsp3) is 0.444. The Balaban J connectivity index is 1.67. The molecule has 0 unspecified atom stereocenters. The van der Waals surface area contributed by atoms with Gasteiger partial charge in [0.15, 0.2) is 5.82 Å². The molecular formula is C18H20ClF3N4O3S. The van der Waals surface area contributed by atoms with Crippen LogP contribution in [-0.4, -0.2) is 35.6 Å². The molecular weight excluding hydrogens is 445 g/mol. The molecule has 1 aliphatic carbocycles. The summed E-state index contributed by atoms with van der Waals surface area (Å²) in [6, 6.07) is 2.51. The first-order chi connectivity index (χ1) is 14.0. The summed E-state index contributed by atoms with van der Waals surface area (Å²) in [6.07, 6.45) is 2.55. The van der Waals surface area contributed by atoms with Crippen LogP contribution in [0.4, 0.5) is 13.2 Å². The van der Waals surface area contributed by atoms with Crippen LogP contribution < -0.4 is 10.3 Å².